The standard InChI is InChI=1S/C24H16ClN3/c25-21-8-4-7-20(15-21)22-16-27-28-23(13-14-26-24(22)28)19-11-9-18(10-12-19)17-5-2-1-3-6-17/h1-16H. The van der Waals surface area contributed by atoms with Gasteiger partial charge in [0.2, 0.25) is 0 Å². The quantitative estimate of drug-likeness (QED) is 0.362. The van der Waals surface area contributed by atoms with Gasteiger partial charge < -0.3 is 0 Å². The Morgan fingerprint density at radius 1 is 0.679 bits per heavy atom. The van der Waals surface area contributed by atoms with Crippen LogP contribution in [0.15, 0.2) is 97.3 Å². The molecule has 0 aliphatic carbocycles. The number of fused-ring (bicyclic) bond motifs is 1. The Bertz CT molecular complexity index is 1260. The zero-order valence-corrected chi connectivity index (χ0v) is 15.7. The summed E-state index contributed by atoms with van der Waals surface area (Å²) in [6, 6.07) is 28.6. The normalized spacial score (nSPS) is 11.0. The lowest BCUT2D eigenvalue weighted by Gasteiger charge is -2.07. The fourth-order valence-electron chi connectivity index (χ4n) is 3.43. The first-order valence-corrected chi connectivity index (χ1v) is 9.42. The molecule has 134 valence electrons. The zero-order valence-electron chi connectivity index (χ0n) is 15.0. The molecule has 3 nitrogen and oxygen atoms in total. The third-order valence-corrected chi connectivity index (χ3v) is 5.06. The van der Waals surface area contributed by atoms with Crippen LogP contribution in [0.3, 0.4) is 0 Å². The second-order valence-electron chi connectivity index (χ2n) is 6.58. The topological polar surface area (TPSA) is 30.2 Å². The molecule has 0 bridgehead atoms. The van der Waals surface area contributed by atoms with E-state index in [4.69, 9.17) is 11.6 Å². The number of halogens is 1. The SMILES string of the molecule is Clc1cccc(-c2cnn3c(-c4ccc(-c5ccccc5)cc4)ccnc23)c1. The van der Waals surface area contributed by atoms with Gasteiger partial charge in [-0.2, -0.15) is 5.10 Å². The molecule has 0 atom stereocenters. The predicted molar refractivity (Wildman–Crippen MR) is 114 cm³/mol. The van der Waals surface area contributed by atoms with Crippen molar-refractivity contribution in [1.29, 1.82) is 0 Å². The fourth-order valence-corrected chi connectivity index (χ4v) is 3.62. The molecule has 5 rings (SSSR count). The van der Waals surface area contributed by atoms with E-state index < -0.39 is 0 Å². The van der Waals surface area contributed by atoms with Crippen LogP contribution in [0.25, 0.3) is 39.2 Å². The van der Waals surface area contributed by atoms with Gasteiger partial charge in [0.25, 0.3) is 0 Å². The Labute approximate surface area is 167 Å². The molecule has 2 heterocycles. The van der Waals surface area contributed by atoms with Crippen LogP contribution in [0.5, 0.6) is 0 Å². The van der Waals surface area contributed by atoms with Gasteiger partial charge in [0.05, 0.1) is 11.9 Å². The van der Waals surface area contributed by atoms with E-state index in [9.17, 15) is 0 Å². The van der Waals surface area contributed by atoms with Gasteiger partial charge in [-0.3, -0.25) is 0 Å². The summed E-state index contributed by atoms with van der Waals surface area (Å²) in [5.41, 5.74) is 7.26. The van der Waals surface area contributed by atoms with Gasteiger partial charge in [-0.1, -0.05) is 78.3 Å². The molecule has 4 heteroatoms. The highest BCUT2D eigenvalue weighted by Crippen LogP contribution is 2.29. The molecule has 0 aliphatic heterocycles. The first kappa shape index (κ1) is 16.7. The van der Waals surface area contributed by atoms with E-state index in [0.717, 1.165) is 28.0 Å². The molecule has 0 aliphatic rings. The summed E-state index contributed by atoms with van der Waals surface area (Å²) in [5.74, 6) is 0. The monoisotopic (exact) mass is 381 g/mol. The van der Waals surface area contributed by atoms with E-state index in [1.807, 2.05) is 53.3 Å². The Kier molecular flexibility index (Phi) is 4.15. The summed E-state index contributed by atoms with van der Waals surface area (Å²) < 4.78 is 1.88. The number of nitrogens with zero attached hydrogens (tertiary/aromatic N) is 3. The van der Waals surface area contributed by atoms with Crippen molar-refractivity contribution in [1.82, 2.24) is 14.6 Å². The molecule has 2 aromatic heterocycles. The van der Waals surface area contributed by atoms with E-state index in [2.05, 4.69) is 58.6 Å². The van der Waals surface area contributed by atoms with Crippen molar-refractivity contribution < 1.29 is 0 Å². The molecule has 0 radical (unpaired) electrons. The molecule has 28 heavy (non-hydrogen) atoms. The van der Waals surface area contributed by atoms with Crippen molar-refractivity contribution in [2.75, 3.05) is 0 Å². The lowest BCUT2D eigenvalue weighted by molar-refractivity contribution is 0.948. The first-order valence-electron chi connectivity index (χ1n) is 9.04. The van der Waals surface area contributed by atoms with Crippen LogP contribution in [0.1, 0.15) is 0 Å². The summed E-state index contributed by atoms with van der Waals surface area (Å²) in [6.45, 7) is 0. The van der Waals surface area contributed by atoms with Crippen molar-refractivity contribution in [3.05, 3.63) is 102 Å². The van der Waals surface area contributed by atoms with Crippen molar-refractivity contribution in [2.24, 2.45) is 0 Å². The number of hydrogen-bond acceptors (Lipinski definition) is 2. The minimum absolute atomic E-state index is 0.699. The Hall–Kier alpha value is -3.43. The van der Waals surface area contributed by atoms with Crippen molar-refractivity contribution in [2.45, 2.75) is 0 Å². The van der Waals surface area contributed by atoms with E-state index >= 15 is 0 Å². The molecular weight excluding hydrogens is 366 g/mol. The van der Waals surface area contributed by atoms with Crippen LogP contribution >= 0.6 is 11.6 Å². The molecule has 0 saturated carbocycles. The number of hydrogen-bond donors (Lipinski definition) is 0. The molecule has 0 fully saturated rings. The second kappa shape index (κ2) is 6.95. The number of rotatable bonds is 3. The van der Waals surface area contributed by atoms with E-state index in [0.29, 0.717) is 5.02 Å². The van der Waals surface area contributed by atoms with Gasteiger partial charge >= 0.3 is 0 Å². The Morgan fingerprint density at radius 3 is 2.18 bits per heavy atom. The summed E-state index contributed by atoms with van der Waals surface area (Å²) in [5, 5.41) is 5.29. The van der Waals surface area contributed by atoms with Crippen LogP contribution in [-0.2, 0) is 0 Å². The van der Waals surface area contributed by atoms with Crippen molar-refractivity contribution >= 4 is 17.2 Å². The lowest BCUT2D eigenvalue weighted by atomic mass is 10.0. The molecule has 0 unspecified atom stereocenters. The maximum absolute atomic E-state index is 6.16. The van der Waals surface area contributed by atoms with Gasteiger partial charge in [-0.15, -0.1) is 0 Å². The third-order valence-electron chi connectivity index (χ3n) is 4.82. The van der Waals surface area contributed by atoms with Crippen molar-refractivity contribution in [3.63, 3.8) is 0 Å². The molecule has 0 N–H and O–H groups in total. The smallest absolute Gasteiger partial charge is 0.163 e. The molecule has 0 saturated heterocycles. The average molecular weight is 382 g/mol. The summed E-state index contributed by atoms with van der Waals surface area (Å²) in [7, 11) is 0. The minimum atomic E-state index is 0.699. The number of aromatic nitrogens is 3. The van der Waals surface area contributed by atoms with E-state index in [1.165, 1.54) is 11.1 Å². The third kappa shape index (κ3) is 2.96. The summed E-state index contributed by atoms with van der Waals surface area (Å²) >= 11 is 6.16. The van der Waals surface area contributed by atoms with Gasteiger partial charge in [-0.25, -0.2) is 9.50 Å². The highest BCUT2D eigenvalue weighted by Gasteiger charge is 2.12. The van der Waals surface area contributed by atoms with Crippen LogP contribution < -0.4 is 0 Å². The van der Waals surface area contributed by atoms with E-state index in [1.54, 1.807) is 0 Å². The Morgan fingerprint density at radius 2 is 1.39 bits per heavy atom. The van der Waals surface area contributed by atoms with Crippen LogP contribution in [0, 0.1) is 0 Å². The molecule has 0 spiro atoms. The zero-order chi connectivity index (χ0) is 18.9. The van der Waals surface area contributed by atoms with Gasteiger partial charge in [0, 0.05) is 22.3 Å². The summed E-state index contributed by atoms with van der Waals surface area (Å²) in [4.78, 5) is 4.56. The second-order valence-corrected chi connectivity index (χ2v) is 7.01. The van der Waals surface area contributed by atoms with E-state index in [-0.39, 0.29) is 0 Å². The van der Waals surface area contributed by atoms with Crippen LogP contribution in [0.2, 0.25) is 5.02 Å². The maximum atomic E-state index is 6.16. The first-order chi connectivity index (χ1) is 13.8. The summed E-state index contributed by atoms with van der Waals surface area (Å²) in [6.07, 6.45) is 3.67. The van der Waals surface area contributed by atoms with Gasteiger partial charge in [0.1, 0.15) is 0 Å². The van der Waals surface area contributed by atoms with Crippen molar-refractivity contribution in [3.8, 4) is 33.5 Å². The predicted octanol–water partition coefficient (Wildman–Crippen LogP) is 6.38. The van der Waals surface area contributed by atoms with Gasteiger partial charge in [-0.05, 0) is 34.9 Å². The average Bonchev–Trinajstić information content (AvgIpc) is 3.19. The molecule has 0 amide bonds. The largest absolute Gasteiger partial charge is 0.236 e. The fraction of sp³-hybridized carbons (Fsp3) is 0. The highest BCUT2D eigenvalue weighted by molar-refractivity contribution is 6.30. The molecule has 5 aromatic rings. The maximum Gasteiger partial charge on any atom is 0.163 e. The lowest BCUT2D eigenvalue weighted by Crippen LogP contribution is -1.95. The molecular formula is C24H16ClN3. The highest BCUT2D eigenvalue weighted by atomic mass is 35.5. The van der Waals surface area contributed by atoms with Crippen LogP contribution in [-0.4, -0.2) is 14.6 Å². The minimum Gasteiger partial charge on any atom is -0.236 e. The van der Waals surface area contributed by atoms with Gasteiger partial charge in [0.15, 0.2) is 5.65 Å². The Balaban J connectivity index is 1.58. The van der Waals surface area contributed by atoms with Crippen LogP contribution in [0.4, 0.5) is 0 Å². The number of benzene rings is 3. The molecule has 3 aromatic carbocycles.